The molecule has 2 heterocycles. The van der Waals surface area contributed by atoms with Crippen molar-refractivity contribution in [1.82, 2.24) is 13.8 Å². The van der Waals surface area contributed by atoms with E-state index in [-0.39, 0.29) is 43.0 Å². The number of carbonyl (C=O) groups is 1. The van der Waals surface area contributed by atoms with E-state index in [1.807, 2.05) is 87.0 Å². The SMILES string of the molecule is Cc1cccc(S(=O)(=O)N(C)C[C@@H]2OCc3ccccc3-c3c(n(C)c4ccccc34)C(=O)N([C@H](C)CO)C[C@@H]2C)c1. The van der Waals surface area contributed by atoms with Crippen molar-refractivity contribution in [3.8, 4) is 11.1 Å². The van der Waals surface area contributed by atoms with Crippen molar-refractivity contribution in [3.63, 3.8) is 0 Å². The predicted molar refractivity (Wildman–Crippen MR) is 165 cm³/mol. The number of benzene rings is 3. The Morgan fingerprint density at radius 1 is 1.07 bits per heavy atom. The molecule has 1 aliphatic heterocycles. The van der Waals surface area contributed by atoms with Crippen LogP contribution in [0.3, 0.4) is 0 Å². The lowest BCUT2D eigenvalue weighted by molar-refractivity contribution is -0.0147. The van der Waals surface area contributed by atoms with Crippen LogP contribution in [-0.2, 0) is 28.4 Å². The van der Waals surface area contributed by atoms with Gasteiger partial charge in [-0.1, -0.05) is 61.5 Å². The molecule has 0 aliphatic carbocycles. The number of aromatic nitrogens is 1. The number of rotatable bonds is 6. The first kappa shape index (κ1) is 30.0. The van der Waals surface area contributed by atoms with Crippen molar-refractivity contribution in [2.75, 3.05) is 26.7 Å². The summed E-state index contributed by atoms with van der Waals surface area (Å²) in [6, 6.07) is 22.2. The van der Waals surface area contributed by atoms with E-state index in [1.54, 1.807) is 30.1 Å². The summed E-state index contributed by atoms with van der Waals surface area (Å²) < 4.78 is 36.8. The van der Waals surface area contributed by atoms with Crippen LogP contribution in [0.2, 0.25) is 0 Å². The van der Waals surface area contributed by atoms with Crippen LogP contribution in [0.15, 0.2) is 77.7 Å². The van der Waals surface area contributed by atoms with Gasteiger partial charge in [0.1, 0.15) is 5.69 Å². The molecular formula is C33H39N3O5S. The molecule has 0 bridgehead atoms. The van der Waals surface area contributed by atoms with Crippen molar-refractivity contribution in [2.24, 2.45) is 13.0 Å². The molecule has 3 aromatic carbocycles. The molecule has 0 saturated carbocycles. The molecule has 8 nitrogen and oxygen atoms in total. The van der Waals surface area contributed by atoms with Gasteiger partial charge in [0, 0.05) is 49.6 Å². The number of nitrogens with zero attached hydrogens (tertiary/aromatic N) is 3. The first-order chi connectivity index (χ1) is 20.0. The lowest BCUT2D eigenvalue weighted by Gasteiger charge is -2.35. The van der Waals surface area contributed by atoms with Crippen LogP contribution < -0.4 is 0 Å². The molecule has 222 valence electrons. The molecule has 0 unspecified atom stereocenters. The Hall–Kier alpha value is -3.50. The number of amides is 1. The number of likely N-dealkylation sites (N-methyl/N-ethyl adjacent to an activating group) is 1. The fourth-order valence-corrected chi connectivity index (χ4v) is 7.12. The number of para-hydroxylation sites is 1. The average Bonchev–Trinajstić information content (AvgIpc) is 3.28. The Bertz CT molecular complexity index is 1710. The molecule has 9 heteroatoms. The summed E-state index contributed by atoms with van der Waals surface area (Å²) in [6.45, 7) is 6.07. The second-order valence-electron chi connectivity index (χ2n) is 11.4. The molecule has 0 saturated heterocycles. The summed E-state index contributed by atoms with van der Waals surface area (Å²) in [4.78, 5) is 16.4. The van der Waals surface area contributed by atoms with Gasteiger partial charge in [-0.3, -0.25) is 4.79 Å². The smallest absolute Gasteiger partial charge is 0.271 e. The second-order valence-corrected chi connectivity index (χ2v) is 13.4. The molecule has 0 fully saturated rings. The van der Waals surface area contributed by atoms with Crippen LogP contribution in [0.25, 0.3) is 22.0 Å². The normalized spacial score (nSPS) is 18.9. The summed E-state index contributed by atoms with van der Waals surface area (Å²) in [5.41, 5.74) is 4.98. The molecule has 1 amide bonds. The number of ether oxygens (including phenoxy) is 1. The van der Waals surface area contributed by atoms with Gasteiger partial charge in [-0.25, -0.2) is 8.42 Å². The van der Waals surface area contributed by atoms with Crippen molar-refractivity contribution < 1.29 is 23.1 Å². The van der Waals surface area contributed by atoms with Crippen molar-refractivity contribution in [2.45, 2.75) is 44.4 Å². The van der Waals surface area contributed by atoms with E-state index in [1.165, 1.54) is 4.31 Å². The highest BCUT2D eigenvalue weighted by Crippen LogP contribution is 2.38. The predicted octanol–water partition coefficient (Wildman–Crippen LogP) is 4.83. The molecule has 0 spiro atoms. The van der Waals surface area contributed by atoms with E-state index in [9.17, 15) is 18.3 Å². The Balaban J connectivity index is 1.61. The number of aliphatic hydroxyl groups excluding tert-OH is 1. The number of hydrogen-bond acceptors (Lipinski definition) is 5. The van der Waals surface area contributed by atoms with Gasteiger partial charge in [0.15, 0.2) is 0 Å². The van der Waals surface area contributed by atoms with Crippen LogP contribution >= 0.6 is 0 Å². The van der Waals surface area contributed by atoms with Gasteiger partial charge in [-0.05, 0) is 48.7 Å². The largest absolute Gasteiger partial charge is 0.394 e. The summed E-state index contributed by atoms with van der Waals surface area (Å²) in [5.74, 6) is -0.435. The van der Waals surface area contributed by atoms with Crippen molar-refractivity contribution in [1.29, 1.82) is 0 Å². The van der Waals surface area contributed by atoms with E-state index in [4.69, 9.17) is 4.74 Å². The van der Waals surface area contributed by atoms with Gasteiger partial charge < -0.3 is 19.3 Å². The van der Waals surface area contributed by atoms with Crippen LogP contribution in [0, 0.1) is 12.8 Å². The van der Waals surface area contributed by atoms with E-state index in [0.29, 0.717) is 5.69 Å². The van der Waals surface area contributed by atoms with Gasteiger partial charge >= 0.3 is 0 Å². The fourth-order valence-electron chi connectivity index (χ4n) is 5.83. The fraction of sp³-hybridized carbons (Fsp3) is 0.364. The molecule has 1 N–H and O–H groups in total. The van der Waals surface area contributed by atoms with Crippen LogP contribution in [0.1, 0.15) is 35.5 Å². The van der Waals surface area contributed by atoms with Gasteiger partial charge in [0.2, 0.25) is 10.0 Å². The zero-order valence-corrected chi connectivity index (χ0v) is 25.6. The third kappa shape index (κ3) is 5.49. The van der Waals surface area contributed by atoms with Gasteiger partial charge in [-0.2, -0.15) is 4.31 Å². The highest BCUT2D eigenvalue weighted by atomic mass is 32.2. The number of sulfonamides is 1. The highest BCUT2D eigenvalue weighted by Gasteiger charge is 2.34. The standard InChI is InChI=1S/C33H39N3O5S/c1-22-11-10-13-26(17-22)42(39,40)34(4)19-30-23(2)18-36(24(3)20-37)33(38)32-31(27-14-7-6-12-25(27)21-41-30)28-15-8-9-16-29(28)35(32)5/h6-17,23-24,30,37H,18-21H2,1-5H3/t23-,24+,30-/m0/s1. The van der Waals surface area contributed by atoms with Crippen LogP contribution in [0.4, 0.5) is 0 Å². The molecule has 4 aromatic rings. The first-order valence-electron chi connectivity index (χ1n) is 14.3. The van der Waals surface area contributed by atoms with E-state index in [2.05, 4.69) is 0 Å². The average molecular weight is 590 g/mol. The summed E-state index contributed by atoms with van der Waals surface area (Å²) in [5, 5.41) is 11.2. The lowest BCUT2D eigenvalue weighted by atomic mass is 9.96. The third-order valence-electron chi connectivity index (χ3n) is 8.36. The summed E-state index contributed by atoms with van der Waals surface area (Å²) >= 11 is 0. The van der Waals surface area contributed by atoms with E-state index >= 15 is 0 Å². The lowest BCUT2D eigenvalue weighted by Crippen LogP contribution is -2.48. The topological polar surface area (TPSA) is 92.1 Å². The number of carbonyl (C=O) groups excluding carboxylic acids is 1. The Kier molecular flexibility index (Phi) is 8.57. The molecule has 1 aromatic heterocycles. The van der Waals surface area contributed by atoms with Crippen molar-refractivity contribution >= 4 is 26.8 Å². The second kappa shape index (κ2) is 12.0. The monoisotopic (exact) mass is 589 g/mol. The third-order valence-corrected chi connectivity index (χ3v) is 10.2. The summed E-state index contributed by atoms with van der Waals surface area (Å²) in [6.07, 6.45) is -0.526. The molecule has 3 atom stereocenters. The van der Waals surface area contributed by atoms with Gasteiger partial charge in [0.05, 0.1) is 30.3 Å². The Labute approximate surface area is 248 Å². The molecule has 5 rings (SSSR count). The van der Waals surface area contributed by atoms with Crippen LogP contribution in [-0.4, -0.2) is 72.1 Å². The first-order valence-corrected chi connectivity index (χ1v) is 15.7. The number of fused-ring (bicyclic) bond motifs is 5. The number of aryl methyl sites for hydroxylation is 2. The molecule has 42 heavy (non-hydrogen) atoms. The quantitative estimate of drug-likeness (QED) is 0.348. The molecule has 0 radical (unpaired) electrons. The Morgan fingerprint density at radius 3 is 2.52 bits per heavy atom. The summed E-state index contributed by atoms with van der Waals surface area (Å²) in [7, 11) is -0.307. The van der Waals surface area contributed by atoms with E-state index < -0.39 is 22.2 Å². The van der Waals surface area contributed by atoms with Crippen molar-refractivity contribution in [3.05, 3.63) is 89.6 Å². The Morgan fingerprint density at radius 2 is 1.79 bits per heavy atom. The zero-order valence-electron chi connectivity index (χ0n) is 24.8. The van der Waals surface area contributed by atoms with Crippen LogP contribution in [0.5, 0.6) is 0 Å². The minimum absolute atomic E-state index is 0.102. The molecular weight excluding hydrogens is 550 g/mol. The maximum absolute atomic E-state index is 14.5. The van der Waals surface area contributed by atoms with Gasteiger partial charge in [0.25, 0.3) is 5.91 Å². The minimum Gasteiger partial charge on any atom is -0.394 e. The maximum atomic E-state index is 14.5. The molecule has 1 aliphatic rings. The number of hydrogen-bond donors (Lipinski definition) is 1. The highest BCUT2D eigenvalue weighted by molar-refractivity contribution is 7.89. The van der Waals surface area contributed by atoms with Gasteiger partial charge in [-0.15, -0.1) is 0 Å². The number of aliphatic hydroxyl groups is 1. The zero-order chi connectivity index (χ0) is 30.2. The van der Waals surface area contributed by atoms with E-state index in [0.717, 1.165) is 33.2 Å². The maximum Gasteiger partial charge on any atom is 0.271 e. The minimum atomic E-state index is -3.77.